The van der Waals surface area contributed by atoms with Crippen LogP contribution in [0.2, 0.25) is 0 Å². The molecule has 8 nitrogen and oxygen atoms in total. The number of imide groups is 1. The van der Waals surface area contributed by atoms with E-state index in [4.69, 9.17) is 0 Å². The van der Waals surface area contributed by atoms with Crippen LogP contribution in [0.4, 0.5) is 4.79 Å². The first-order valence-electron chi connectivity index (χ1n) is 9.61. The fraction of sp³-hybridized carbons (Fsp3) is 0.550. The van der Waals surface area contributed by atoms with Crippen molar-refractivity contribution in [3.63, 3.8) is 0 Å². The summed E-state index contributed by atoms with van der Waals surface area (Å²) in [5.74, 6) is 0.294. The summed E-state index contributed by atoms with van der Waals surface area (Å²) in [5, 5.41) is 19.1. The number of amides is 3. The Balaban J connectivity index is 1.90. The number of urea groups is 1. The minimum Gasteiger partial charge on any atom is -0.386 e. The maximum atomic E-state index is 11.6. The molecule has 1 heterocycles. The van der Waals surface area contributed by atoms with Crippen LogP contribution in [0, 0.1) is 0 Å². The molecule has 1 saturated heterocycles. The third kappa shape index (κ3) is 5.95. The second kappa shape index (κ2) is 9.54. The summed E-state index contributed by atoms with van der Waals surface area (Å²) in [6, 6.07) is 7.55. The van der Waals surface area contributed by atoms with Crippen LogP contribution in [-0.2, 0) is 10.2 Å². The third-order valence-corrected chi connectivity index (χ3v) is 4.49. The summed E-state index contributed by atoms with van der Waals surface area (Å²) < 4.78 is 0. The molecule has 2 rings (SSSR count). The molecule has 1 aliphatic rings. The molecule has 0 aromatic heterocycles. The molecule has 8 heteroatoms. The van der Waals surface area contributed by atoms with Crippen LogP contribution < -0.4 is 16.0 Å². The van der Waals surface area contributed by atoms with E-state index < -0.39 is 6.10 Å². The lowest BCUT2D eigenvalue weighted by Gasteiger charge is -2.20. The summed E-state index contributed by atoms with van der Waals surface area (Å²) in [4.78, 5) is 28.7. The molecule has 1 aromatic rings. The van der Waals surface area contributed by atoms with E-state index in [2.05, 4.69) is 41.7 Å². The molecule has 0 bridgehead atoms. The van der Waals surface area contributed by atoms with E-state index in [-0.39, 0.29) is 37.0 Å². The average molecular weight is 390 g/mol. The number of nitrogens with one attached hydrogen (secondary N) is 3. The summed E-state index contributed by atoms with van der Waals surface area (Å²) >= 11 is 0. The second-order valence-electron chi connectivity index (χ2n) is 7.74. The van der Waals surface area contributed by atoms with Gasteiger partial charge in [-0.1, -0.05) is 45.0 Å². The number of guanidine groups is 1. The minimum absolute atomic E-state index is 0.0488. The van der Waals surface area contributed by atoms with Gasteiger partial charge in [0.25, 0.3) is 0 Å². The summed E-state index contributed by atoms with van der Waals surface area (Å²) in [6.07, 6.45) is -0.713. The van der Waals surface area contributed by atoms with Gasteiger partial charge in [-0.3, -0.25) is 14.7 Å². The van der Waals surface area contributed by atoms with Crippen molar-refractivity contribution in [1.82, 2.24) is 20.9 Å². The number of hydrogen-bond acceptors (Lipinski definition) is 4. The highest BCUT2D eigenvalue weighted by Crippen LogP contribution is 2.24. The van der Waals surface area contributed by atoms with Gasteiger partial charge in [0.15, 0.2) is 5.96 Å². The van der Waals surface area contributed by atoms with Crippen molar-refractivity contribution in [2.45, 2.75) is 39.2 Å². The fourth-order valence-electron chi connectivity index (χ4n) is 2.80. The first kappa shape index (κ1) is 21.7. The number of carbonyl (C=O) groups is 2. The molecular formula is C20H31N5O3. The molecule has 28 heavy (non-hydrogen) atoms. The monoisotopic (exact) mass is 389 g/mol. The molecule has 1 aliphatic heterocycles. The van der Waals surface area contributed by atoms with E-state index in [1.165, 1.54) is 10.5 Å². The molecule has 0 radical (unpaired) electrons. The lowest BCUT2D eigenvalue weighted by Crippen LogP contribution is -2.43. The van der Waals surface area contributed by atoms with Crippen molar-refractivity contribution in [2.24, 2.45) is 4.99 Å². The number of benzene rings is 1. The Labute approximate surface area is 166 Å². The van der Waals surface area contributed by atoms with E-state index in [1.54, 1.807) is 0 Å². The maximum Gasteiger partial charge on any atom is 0.324 e. The minimum atomic E-state index is -0.713. The number of rotatable bonds is 7. The maximum absolute atomic E-state index is 11.6. The lowest BCUT2D eigenvalue weighted by atomic mass is 9.86. The van der Waals surface area contributed by atoms with E-state index in [0.29, 0.717) is 19.0 Å². The van der Waals surface area contributed by atoms with Crippen LogP contribution in [0.1, 0.15) is 44.9 Å². The van der Waals surface area contributed by atoms with E-state index in [0.717, 1.165) is 5.56 Å². The third-order valence-electron chi connectivity index (χ3n) is 4.49. The smallest absolute Gasteiger partial charge is 0.324 e. The number of hydrogen-bond donors (Lipinski definition) is 4. The Morgan fingerprint density at radius 1 is 1.25 bits per heavy atom. The van der Waals surface area contributed by atoms with E-state index in [1.807, 2.05) is 31.2 Å². The largest absolute Gasteiger partial charge is 0.386 e. The quantitative estimate of drug-likeness (QED) is 0.318. The molecule has 0 saturated carbocycles. The molecule has 1 aromatic carbocycles. The zero-order chi connectivity index (χ0) is 20.7. The van der Waals surface area contributed by atoms with Crippen LogP contribution >= 0.6 is 0 Å². The molecular weight excluding hydrogens is 358 g/mol. The first-order chi connectivity index (χ1) is 13.2. The molecule has 1 unspecified atom stereocenters. The number of aliphatic hydroxyl groups is 1. The van der Waals surface area contributed by atoms with Crippen molar-refractivity contribution in [3.8, 4) is 0 Å². The number of aliphatic hydroxyl groups excluding tert-OH is 1. The standard InChI is InChI=1S/C20H31N5O3/c1-5-21-18(22-10-11-25-17(27)13-24-19(25)28)23-12-16(26)14-6-8-15(9-7-14)20(2,3)4/h6-9,16,26H,5,10-13H2,1-4H3,(H,24,28)(H2,21,22,23). The number of nitrogens with zero attached hydrogens (tertiary/aromatic N) is 2. The predicted molar refractivity (Wildman–Crippen MR) is 109 cm³/mol. The van der Waals surface area contributed by atoms with Crippen LogP contribution in [0.3, 0.4) is 0 Å². The molecule has 1 fully saturated rings. The topological polar surface area (TPSA) is 106 Å². The van der Waals surface area contributed by atoms with Crippen molar-refractivity contribution in [3.05, 3.63) is 35.4 Å². The second-order valence-corrected chi connectivity index (χ2v) is 7.74. The van der Waals surface area contributed by atoms with Crippen molar-refractivity contribution in [2.75, 3.05) is 32.7 Å². The van der Waals surface area contributed by atoms with Crippen LogP contribution in [-0.4, -0.2) is 60.6 Å². The van der Waals surface area contributed by atoms with Crippen molar-refractivity contribution >= 4 is 17.9 Å². The summed E-state index contributed by atoms with van der Waals surface area (Å²) in [7, 11) is 0. The zero-order valence-corrected chi connectivity index (χ0v) is 17.1. The van der Waals surface area contributed by atoms with Gasteiger partial charge < -0.3 is 21.1 Å². The molecule has 3 amide bonds. The molecule has 1 atom stereocenters. The Hall–Kier alpha value is -2.61. The van der Waals surface area contributed by atoms with Gasteiger partial charge in [-0.05, 0) is 23.5 Å². The highest BCUT2D eigenvalue weighted by Gasteiger charge is 2.27. The predicted octanol–water partition coefficient (Wildman–Crippen LogP) is 1.12. The molecule has 0 aliphatic carbocycles. The highest BCUT2D eigenvalue weighted by atomic mass is 16.3. The van der Waals surface area contributed by atoms with Gasteiger partial charge in [-0.2, -0.15) is 0 Å². The Bertz CT molecular complexity index is 694. The fourth-order valence-corrected chi connectivity index (χ4v) is 2.80. The normalized spacial score (nSPS) is 16.2. The van der Waals surface area contributed by atoms with Crippen LogP contribution in [0.5, 0.6) is 0 Å². The summed E-state index contributed by atoms with van der Waals surface area (Å²) in [6.45, 7) is 9.93. The lowest BCUT2D eigenvalue weighted by molar-refractivity contribution is -0.124. The summed E-state index contributed by atoms with van der Waals surface area (Å²) in [5.41, 5.74) is 2.09. The Kier molecular flexibility index (Phi) is 7.39. The number of aliphatic imine (C=N–C) groups is 1. The molecule has 0 spiro atoms. The van der Waals surface area contributed by atoms with Crippen LogP contribution in [0.15, 0.2) is 29.3 Å². The van der Waals surface area contributed by atoms with Gasteiger partial charge in [-0.25, -0.2) is 4.79 Å². The first-order valence-corrected chi connectivity index (χ1v) is 9.61. The SMILES string of the molecule is CCNC(=NCC(O)c1ccc(C(C)(C)C)cc1)NCCN1C(=O)CNC1=O. The van der Waals surface area contributed by atoms with Gasteiger partial charge in [0.1, 0.15) is 0 Å². The van der Waals surface area contributed by atoms with E-state index >= 15 is 0 Å². The van der Waals surface area contributed by atoms with Gasteiger partial charge in [0.2, 0.25) is 5.91 Å². The number of carbonyl (C=O) groups excluding carboxylic acids is 2. The average Bonchev–Trinajstić information content (AvgIpc) is 2.97. The van der Waals surface area contributed by atoms with Crippen molar-refractivity contribution < 1.29 is 14.7 Å². The molecule has 154 valence electrons. The highest BCUT2D eigenvalue weighted by molar-refractivity contribution is 6.01. The van der Waals surface area contributed by atoms with Crippen molar-refractivity contribution in [1.29, 1.82) is 0 Å². The van der Waals surface area contributed by atoms with Gasteiger partial charge in [-0.15, -0.1) is 0 Å². The van der Waals surface area contributed by atoms with Crippen LogP contribution in [0.25, 0.3) is 0 Å². The van der Waals surface area contributed by atoms with Gasteiger partial charge >= 0.3 is 6.03 Å². The zero-order valence-electron chi connectivity index (χ0n) is 17.1. The van der Waals surface area contributed by atoms with Gasteiger partial charge in [0.05, 0.1) is 19.2 Å². The van der Waals surface area contributed by atoms with Gasteiger partial charge in [0, 0.05) is 19.6 Å². The van der Waals surface area contributed by atoms with E-state index in [9.17, 15) is 14.7 Å². The Morgan fingerprint density at radius 2 is 1.93 bits per heavy atom. The molecule has 4 N–H and O–H groups in total. The Morgan fingerprint density at radius 3 is 2.46 bits per heavy atom.